The lowest BCUT2D eigenvalue weighted by molar-refractivity contribution is 0.575. The molecule has 0 amide bonds. The van der Waals surface area contributed by atoms with Crippen molar-refractivity contribution in [2.75, 3.05) is 17.8 Å². The summed E-state index contributed by atoms with van der Waals surface area (Å²) in [6, 6.07) is 2.73. The van der Waals surface area contributed by atoms with Crippen LogP contribution in [0, 0.1) is 12.7 Å². The van der Waals surface area contributed by atoms with Crippen LogP contribution in [0.2, 0.25) is 0 Å². The Kier molecular flexibility index (Phi) is 6.42. The maximum Gasteiger partial charge on any atom is 0.236 e. The Morgan fingerprint density at radius 1 is 1.40 bits per heavy atom. The Hall–Kier alpha value is -0.660. The Morgan fingerprint density at radius 3 is 2.65 bits per heavy atom. The summed E-state index contributed by atoms with van der Waals surface area (Å²) in [5.41, 5.74) is 0.934. The molecular formula is C13H20BrFN2O2S. The fourth-order valence-electron chi connectivity index (χ4n) is 1.60. The molecule has 0 radical (unpaired) electrons. The van der Waals surface area contributed by atoms with Gasteiger partial charge in [-0.25, -0.2) is 12.8 Å². The van der Waals surface area contributed by atoms with Crippen molar-refractivity contribution in [3.05, 3.63) is 28.0 Å². The second-order valence-electron chi connectivity index (χ2n) is 4.74. The van der Waals surface area contributed by atoms with Gasteiger partial charge in [0.2, 0.25) is 10.0 Å². The van der Waals surface area contributed by atoms with Gasteiger partial charge >= 0.3 is 0 Å². The van der Waals surface area contributed by atoms with Crippen LogP contribution >= 0.6 is 15.9 Å². The molecular weight excluding hydrogens is 347 g/mol. The van der Waals surface area contributed by atoms with Crippen molar-refractivity contribution in [3.8, 4) is 0 Å². The molecule has 20 heavy (non-hydrogen) atoms. The number of nitrogens with one attached hydrogen (secondary N) is 2. The lowest BCUT2D eigenvalue weighted by atomic mass is 10.2. The van der Waals surface area contributed by atoms with Crippen molar-refractivity contribution >= 4 is 31.6 Å². The predicted octanol–water partition coefficient (Wildman–Crippen LogP) is 3.03. The van der Waals surface area contributed by atoms with Gasteiger partial charge in [0, 0.05) is 6.54 Å². The van der Waals surface area contributed by atoms with Crippen LogP contribution in [0.4, 0.5) is 10.1 Å². The average molecular weight is 367 g/mol. The molecule has 0 bridgehead atoms. The second kappa shape index (κ2) is 7.38. The molecule has 2 N–H and O–H groups in total. The first-order valence-corrected chi connectivity index (χ1v) is 8.79. The first kappa shape index (κ1) is 17.4. The quantitative estimate of drug-likeness (QED) is 0.729. The van der Waals surface area contributed by atoms with Crippen LogP contribution in [-0.4, -0.2) is 26.8 Å². The maximum absolute atomic E-state index is 13.3. The molecule has 7 heteroatoms. The number of hydrogen-bond donors (Lipinski definition) is 2. The third-order valence-electron chi connectivity index (χ3n) is 2.91. The van der Waals surface area contributed by atoms with E-state index in [2.05, 4.69) is 26.0 Å². The van der Waals surface area contributed by atoms with Crippen LogP contribution in [0.15, 0.2) is 16.6 Å². The van der Waals surface area contributed by atoms with E-state index in [0.29, 0.717) is 17.8 Å². The number of benzene rings is 1. The number of anilines is 1. The highest BCUT2D eigenvalue weighted by molar-refractivity contribution is 9.10. The lowest BCUT2D eigenvalue weighted by Gasteiger charge is -2.17. The molecule has 0 saturated carbocycles. The van der Waals surface area contributed by atoms with Crippen molar-refractivity contribution < 1.29 is 12.8 Å². The highest BCUT2D eigenvalue weighted by Crippen LogP contribution is 2.25. The van der Waals surface area contributed by atoms with Crippen LogP contribution in [-0.2, 0) is 10.0 Å². The predicted molar refractivity (Wildman–Crippen MR) is 84.0 cm³/mol. The first-order chi connectivity index (χ1) is 9.27. The zero-order chi connectivity index (χ0) is 15.3. The van der Waals surface area contributed by atoms with Crippen molar-refractivity contribution in [2.24, 2.45) is 0 Å². The zero-order valence-electron chi connectivity index (χ0n) is 11.8. The number of sulfonamides is 1. The van der Waals surface area contributed by atoms with E-state index in [0.717, 1.165) is 13.0 Å². The molecule has 0 fully saturated rings. The summed E-state index contributed by atoms with van der Waals surface area (Å²) >= 11 is 3.05. The van der Waals surface area contributed by atoms with Crippen molar-refractivity contribution in [3.63, 3.8) is 0 Å². The minimum absolute atomic E-state index is 0.234. The molecule has 0 saturated heterocycles. The summed E-state index contributed by atoms with van der Waals surface area (Å²) in [6.07, 6.45) is 0.949. The fourth-order valence-corrected chi connectivity index (χ4v) is 3.01. The van der Waals surface area contributed by atoms with Crippen LogP contribution in [0.3, 0.4) is 0 Å². The normalized spacial score (nSPS) is 13.2. The molecule has 114 valence electrons. The zero-order valence-corrected chi connectivity index (χ0v) is 14.2. The summed E-state index contributed by atoms with van der Waals surface area (Å²) in [7, 11) is -3.50. The number of aryl methyl sites for hydroxylation is 1. The van der Waals surface area contributed by atoms with E-state index in [1.54, 1.807) is 13.8 Å². The van der Waals surface area contributed by atoms with Crippen molar-refractivity contribution in [1.29, 1.82) is 0 Å². The SMILES string of the molecule is CCCNCC(C)S(=O)(=O)Nc1cc(Br)c(F)cc1C. The van der Waals surface area contributed by atoms with Gasteiger partial charge < -0.3 is 5.32 Å². The smallest absolute Gasteiger partial charge is 0.236 e. The molecule has 4 nitrogen and oxygen atoms in total. The Bertz CT molecular complexity index is 564. The second-order valence-corrected chi connectivity index (χ2v) is 7.70. The van der Waals surface area contributed by atoms with E-state index in [1.165, 1.54) is 12.1 Å². The molecule has 0 aliphatic rings. The summed E-state index contributed by atoms with van der Waals surface area (Å²) in [4.78, 5) is 0. The number of rotatable bonds is 7. The monoisotopic (exact) mass is 366 g/mol. The summed E-state index contributed by atoms with van der Waals surface area (Å²) in [5.74, 6) is -0.414. The topological polar surface area (TPSA) is 58.2 Å². The highest BCUT2D eigenvalue weighted by atomic mass is 79.9. The van der Waals surface area contributed by atoms with Gasteiger partial charge in [0.25, 0.3) is 0 Å². The van der Waals surface area contributed by atoms with Crippen LogP contribution in [0.1, 0.15) is 25.8 Å². The molecule has 0 aromatic heterocycles. The molecule has 1 atom stereocenters. The molecule has 0 aliphatic heterocycles. The molecule has 1 aromatic rings. The van der Waals surface area contributed by atoms with Gasteiger partial charge in [-0.3, -0.25) is 4.72 Å². The average Bonchev–Trinajstić information content (AvgIpc) is 2.35. The van der Waals surface area contributed by atoms with E-state index in [-0.39, 0.29) is 4.47 Å². The standard InChI is InChI=1S/C13H20BrFN2O2S/c1-4-5-16-8-10(3)20(18,19)17-13-7-11(14)12(15)6-9(13)2/h6-7,10,16-17H,4-5,8H2,1-3H3. The van der Waals surface area contributed by atoms with E-state index in [1.807, 2.05) is 6.92 Å². The number of hydrogen-bond acceptors (Lipinski definition) is 3. The van der Waals surface area contributed by atoms with Gasteiger partial charge in [-0.2, -0.15) is 0 Å². The molecule has 0 spiro atoms. The molecule has 0 aliphatic carbocycles. The van der Waals surface area contributed by atoms with Gasteiger partial charge in [0.05, 0.1) is 15.4 Å². The molecule has 1 unspecified atom stereocenters. The third kappa shape index (κ3) is 4.71. The van der Waals surface area contributed by atoms with E-state index in [9.17, 15) is 12.8 Å². The Morgan fingerprint density at radius 2 is 2.05 bits per heavy atom. The van der Waals surface area contributed by atoms with Crippen molar-refractivity contribution in [2.45, 2.75) is 32.4 Å². The Labute approximate surface area is 128 Å². The Balaban J connectivity index is 2.83. The minimum atomic E-state index is -3.50. The summed E-state index contributed by atoms with van der Waals surface area (Å²) < 4.78 is 40.4. The lowest BCUT2D eigenvalue weighted by Crippen LogP contribution is -2.35. The minimum Gasteiger partial charge on any atom is -0.315 e. The summed E-state index contributed by atoms with van der Waals surface area (Å²) in [5, 5.41) is 2.50. The largest absolute Gasteiger partial charge is 0.315 e. The van der Waals surface area contributed by atoms with Gasteiger partial charge in [-0.05, 0) is 60.4 Å². The molecule has 1 rings (SSSR count). The molecule has 0 heterocycles. The molecule has 1 aromatic carbocycles. The highest BCUT2D eigenvalue weighted by Gasteiger charge is 2.21. The fraction of sp³-hybridized carbons (Fsp3) is 0.538. The first-order valence-electron chi connectivity index (χ1n) is 6.46. The van der Waals surface area contributed by atoms with Crippen molar-refractivity contribution in [1.82, 2.24) is 5.32 Å². The maximum atomic E-state index is 13.3. The van der Waals surface area contributed by atoms with E-state index in [4.69, 9.17) is 0 Å². The van der Waals surface area contributed by atoms with Crippen LogP contribution in [0.25, 0.3) is 0 Å². The van der Waals surface area contributed by atoms with Gasteiger partial charge in [0.1, 0.15) is 5.82 Å². The summed E-state index contributed by atoms with van der Waals surface area (Å²) in [6.45, 7) is 6.47. The van der Waals surface area contributed by atoms with E-state index >= 15 is 0 Å². The van der Waals surface area contributed by atoms with Crippen LogP contribution < -0.4 is 10.0 Å². The number of halogens is 2. The van der Waals surface area contributed by atoms with Crippen LogP contribution in [0.5, 0.6) is 0 Å². The van der Waals surface area contributed by atoms with Gasteiger partial charge in [0.15, 0.2) is 0 Å². The van der Waals surface area contributed by atoms with Gasteiger partial charge in [-0.1, -0.05) is 6.92 Å². The van der Waals surface area contributed by atoms with Gasteiger partial charge in [-0.15, -0.1) is 0 Å². The third-order valence-corrected chi connectivity index (χ3v) is 5.25. The van der Waals surface area contributed by atoms with E-state index < -0.39 is 21.1 Å².